The number of amides is 2. The van der Waals surface area contributed by atoms with E-state index in [0.717, 1.165) is 0 Å². The third kappa shape index (κ3) is 2.71. The molecule has 0 saturated carbocycles. The number of anilines is 3. The highest BCUT2D eigenvalue weighted by Gasteiger charge is 2.26. The summed E-state index contributed by atoms with van der Waals surface area (Å²) in [6.45, 7) is -0.161. The first-order valence-electron chi connectivity index (χ1n) is 6.81. The van der Waals surface area contributed by atoms with Crippen LogP contribution in [0.2, 0.25) is 0 Å². The zero-order chi connectivity index (χ0) is 15.5. The number of ether oxygens (including phenoxy) is 1. The Kier molecular flexibility index (Phi) is 3.65. The Morgan fingerprint density at radius 1 is 1.18 bits per heavy atom. The van der Waals surface area contributed by atoms with E-state index in [1.807, 2.05) is 6.07 Å². The van der Waals surface area contributed by atoms with E-state index in [2.05, 4.69) is 5.32 Å². The molecule has 0 aromatic heterocycles. The lowest BCUT2D eigenvalue weighted by atomic mass is 10.2. The highest BCUT2D eigenvalue weighted by molar-refractivity contribution is 6.05. The summed E-state index contributed by atoms with van der Waals surface area (Å²) in [7, 11) is 0. The van der Waals surface area contributed by atoms with Gasteiger partial charge < -0.3 is 15.8 Å². The SMILES string of the molecule is Nc1ccccc1NC(=O)CN1C(=O)COc2ccccc21. The molecule has 1 heterocycles. The van der Waals surface area contributed by atoms with Gasteiger partial charge in [0.25, 0.3) is 5.91 Å². The van der Waals surface area contributed by atoms with Crippen LogP contribution in [0.4, 0.5) is 17.1 Å². The van der Waals surface area contributed by atoms with Gasteiger partial charge >= 0.3 is 0 Å². The second-order valence-electron chi connectivity index (χ2n) is 4.87. The summed E-state index contributed by atoms with van der Waals surface area (Å²) in [4.78, 5) is 25.6. The predicted octanol–water partition coefficient (Wildman–Crippen LogP) is 1.63. The minimum absolute atomic E-state index is 0.0717. The number of hydrogen-bond donors (Lipinski definition) is 2. The summed E-state index contributed by atoms with van der Waals surface area (Å²) in [5, 5.41) is 2.71. The molecule has 0 bridgehead atoms. The maximum atomic E-state index is 12.2. The van der Waals surface area contributed by atoms with Crippen LogP contribution >= 0.6 is 0 Å². The molecule has 0 aliphatic carbocycles. The summed E-state index contributed by atoms with van der Waals surface area (Å²) < 4.78 is 5.34. The number of nitrogen functional groups attached to an aromatic ring is 1. The molecule has 0 fully saturated rings. The van der Waals surface area contributed by atoms with E-state index in [-0.39, 0.29) is 25.0 Å². The van der Waals surface area contributed by atoms with Gasteiger partial charge in [0.05, 0.1) is 17.1 Å². The second kappa shape index (κ2) is 5.77. The van der Waals surface area contributed by atoms with Crippen LogP contribution in [0, 0.1) is 0 Å². The van der Waals surface area contributed by atoms with Gasteiger partial charge in [0.15, 0.2) is 6.61 Å². The number of benzene rings is 2. The fraction of sp³-hybridized carbons (Fsp3) is 0.125. The molecule has 3 rings (SSSR count). The number of rotatable bonds is 3. The molecule has 1 aliphatic heterocycles. The number of nitrogens with one attached hydrogen (secondary N) is 1. The maximum Gasteiger partial charge on any atom is 0.265 e. The number of nitrogens with zero attached hydrogens (tertiary/aromatic N) is 1. The highest BCUT2D eigenvalue weighted by atomic mass is 16.5. The van der Waals surface area contributed by atoms with Crippen molar-refractivity contribution in [1.29, 1.82) is 0 Å². The summed E-state index contributed by atoms with van der Waals surface area (Å²) in [6, 6.07) is 14.1. The Hall–Kier alpha value is -3.02. The summed E-state index contributed by atoms with van der Waals surface area (Å²) in [5.74, 6) is 0.0203. The van der Waals surface area contributed by atoms with E-state index in [1.165, 1.54) is 4.90 Å². The van der Waals surface area contributed by atoms with E-state index in [1.54, 1.807) is 42.5 Å². The minimum Gasteiger partial charge on any atom is -0.482 e. The topological polar surface area (TPSA) is 84.7 Å². The summed E-state index contributed by atoms with van der Waals surface area (Å²) >= 11 is 0. The van der Waals surface area contributed by atoms with Crippen LogP contribution in [-0.2, 0) is 9.59 Å². The fourth-order valence-corrected chi connectivity index (χ4v) is 2.27. The van der Waals surface area contributed by atoms with Gasteiger partial charge in [0, 0.05) is 0 Å². The standard InChI is InChI=1S/C16H15N3O3/c17-11-5-1-2-6-12(11)18-15(20)9-19-13-7-3-4-8-14(13)22-10-16(19)21/h1-8H,9-10,17H2,(H,18,20). The second-order valence-corrected chi connectivity index (χ2v) is 4.87. The summed E-state index contributed by atoms with van der Waals surface area (Å²) in [5.41, 5.74) is 7.39. The van der Waals surface area contributed by atoms with E-state index in [4.69, 9.17) is 10.5 Å². The number of carbonyl (C=O) groups excluding carboxylic acids is 2. The van der Waals surface area contributed by atoms with Crippen LogP contribution in [0.15, 0.2) is 48.5 Å². The molecule has 0 spiro atoms. The molecule has 22 heavy (non-hydrogen) atoms. The zero-order valence-corrected chi connectivity index (χ0v) is 11.8. The van der Waals surface area contributed by atoms with E-state index < -0.39 is 0 Å². The third-order valence-electron chi connectivity index (χ3n) is 3.34. The molecule has 6 heteroatoms. The molecule has 2 aromatic carbocycles. The van der Waals surface area contributed by atoms with Crippen LogP contribution in [0.1, 0.15) is 0 Å². The monoisotopic (exact) mass is 297 g/mol. The van der Waals surface area contributed by atoms with Crippen molar-refractivity contribution < 1.29 is 14.3 Å². The van der Waals surface area contributed by atoms with Crippen LogP contribution in [0.25, 0.3) is 0 Å². The lowest BCUT2D eigenvalue weighted by Crippen LogP contribution is -2.43. The normalized spacial score (nSPS) is 13.3. The van der Waals surface area contributed by atoms with E-state index in [0.29, 0.717) is 22.8 Å². The van der Waals surface area contributed by atoms with E-state index >= 15 is 0 Å². The highest BCUT2D eigenvalue weighted by Crippen LogP contribution is 2.31. The average Bonchev–Trinajstić information content (AvgIpc) is 2.52. The van der Waals surface area contributed by atoms with Crippen molar-refractivity contribution in [2.75, 3.05) is 29.1 Å². The zero-order valence-electron chi connectivity index (χ0n) is 11.8. The van der Waals surface area contributed by atoms with Gasteiger partial charge in [0.2, 0.25) is 5.91 Å². The Labute approximate surface area is 127 Å². The average molecular weight is 297 g/mol. The maximum absolute atomic E-state index is 12.2. The van der Waals surface area contributed by atoms with Crippen molar-refractivity contribution in [3.63, 3.8) is 0 Å². The molecular formula is C16H15N3O3. The quantitative estimate of drug-likeness (QED) is 0.843. The number of fused-ring (bicyclic) bond motifs is 1. The van der Waals surface area contributed by atoms with Crippen molar-refractivity contribution in [3.8, 4) is 5.75 Å². The number of para-hydroxylation sites is 4. The first-order chi connectivity index (χ1) is 10.6. The first-order valence-corrected chi connectivity index (χ1v) is 6.81. The Balaban J connectivity index is 1.77. The van der Waals surface area contributed by atoms with E-state index in [9.17, 15) is 9.59 Å². The van der Waals surface area contributed by atoms with Crippen LogP contribution < -0.4 is 20.7 Å². The van der Waals surface area contributed by atoms with Gasteiger partial charge in [-0.1, -0.05) is 24.3 Å². The van der Waals surface area contributed by atoms with Gasteiger partial charge in [-0.15, -0.1) is 0 Å². The minimum atomic E-state index is -0.317. The Bertz CT molecular complexity index is 730. The molecule has 6 nitrogen and oxygen atoms in total. The first kappa shape index (κ1) is 13.9. The molecule has 0 atom stereocenters. The van der Waals surface area contributed by atoms with Crippen molar-refractivity contribution >= 4 is 28.9 Å². The molecule has 0 unspecified atom stereocenters. The van der Waals surface area contributed by atoms with Gasteiger partial charge in [-0.25, -0.2) is 0 Å². The van der Waals surface area contributed by atoms with Crippen LogP contribution in [-0.4, -0.2) is 25.0 Å². The summed E-state index contributed by atoms with van der Waals surface area (Å²) in [6.07, 6.45) is 0. The van der Waals surface area contributed by atoms with Crippen LogP contribution in [0.3, 0.4) is 0 Å². The molecular weight excluding hydrogens is 282 g/mol. The molecule has 3 N–H and O–H groups in total. The Morgan fingerprint density at radius 3 is 2.73 bits per heavy atom. The predicted molar refractivity (Wildman–Crippen MR) is 83.8 cm³/mol. The largest absolute Gasteiger partial charge is 0.482 e. The van der Waals surface area contributed by atoms with Gasteiger partial charge in [0.1, 0.15) is 12.3 Å². The molecule has 0 radical (unpaired) electrons. The molecule has 2 amide bonds. The van der Waals surface area contributed by atoms with Gasteiger partial charge in [-0.2, -0.15) is 0 Å². The molecule has 0 saturated heterocycles. The Morgan fingerprint density at radius 2 is 1.91 bits per heavy atom. The number of carbonyl (C=O) groups is 2. The van der Waals surface area contributed by atoms with Crippen molar-refractivity contribution in [2.24, 2.45) is 0 Å². The molecule has 112 valence electrons. The molecule has 2 aromatic rings. The van der Waals surface area contributed by atoms with Crippen LogP contribution in [0.5, 0.6) is 5.75 Å². The smallest absolute Gasteiger partial charge is 0.265 e. The lowest BCUT2D eigenvalue weighted by Gasteiger charge is -2.28. The molecule has 1 aliphatic rings. The third-order valence-corrected chi connectivity index (χ3v) is 3.34. The van der Waals surface area contributed by atoms with Crippen molar-refractivity contribution in [1.82, 2.24) is 0 Å². The lowest BCUT2D eigenvalue weighted by molar-refractivity contribution is -0.123. The van der Waals surface area contributed by atoms with Gasteiger partial charge in [-0.05, 0) is 24.3 Å². The van der Waals surface area contributed by atoms with Crippen molar-refractivity contribution in [3.05, 3.63) is 48.5 Å². The van der Waals surface area contributed by atoms with Gasteiger partial charge in [-0.3, -0.25) is 14.5 Å². The number of nitrogens with two attached hydrogens (primary N) is 1. The fourth-order valence-electron chi connectivity index (χ4n) is 2.27. The van der Waals surface area contributed by atoms with Crippen molar-refractivity contribution in [2.45, 2.75) is 0 Å². The number of hydrogen-bond acceptors (Lipinski definition) is 4.